The highest BCUT2D eigenvalue weighted by Gasteiger charge is 2.23. The van der Waals surface area contributed by atoms with Crippen molar-refractivity contribution in [1.29, 1.82) is 0 Å². The highest BCUT2D eigenvalue weighted by Crippen LogP contribution is 2.18. The average molecular weight is 503 g/mol. The van der Waals surface area contributed by atoms with Crippen LogP contribution < -0.4 is 5.32 Å². The predicted molar refractivity (Wildman–Crippen MR) is 146 cm³/mol. The molecule has 3 heterocycles. The Morgan fingerprint density at radius 1 is 0.784 bits per heavy atom. The van der Waals surface area contributed by atoms with Gasteiger partial charge in [-0.15, -0.1) is 0 Å². The first-order valence-electron chi connectivity index (χ1n) is 13.7. The van der Waals surface area contributed by atoms with Gasteiger partial charge in [0.2, 0.25) is 5.91 Å². The molecule has 0 radical (unpaired) electrons. The van der Waals surface area contributed by atoms with Gasteiger partial charge < -0.3 is 19.7 Å². The summed E-state index contributed by atoms with van der Waals surface area (Å²) in [7, 11) is 0. The number of imidazole rings is 1. The highest BCUT2D eigenvalue weighted by atomic mass is 16.2. The molecule has 0 bridgehead atoms. The van der Waals surface area contributed by atoms with Gasteiger partial charge in [-0.2, -0.15) is 0 Å². The van der Waals surface area contributed by atoms with E-state index in [0.29, 0.717) is 25.5 Å². The zero-order valence-corrected chi connectivity index (χ0v) is 21.6. The van der Waals surface area contributed by atoms with Crippen LogP contribution in [0, 0.1) is 0 Å². The van der Waals surface area contributed by atoms with Crippen LogP contribution in [0.5, 0.6) is 0 Å². The summed E-state index contributed by atoms with van der Waals surface area (Å²) in [4.78, 5) is 37.5. The molecule has 2 saturated heterocycles. The third kappa shape index (κ3) is 6.56. The summed E-state index contributed by atoms with van der Waals surface area (Å²) in [6.07, 6.45) is 5.24. The number of likely N-dealkylation sites (tertiary alicyclic amines) is 1. The van der Waals surface area contributed by atoms with Gasteiger partial charge in [0.15, 0.2) is 5.82 Å². The number of piperidine rings is 1. The first-order chi connectivity index (χ1) is 18.2. The van der Waals surface area contributed by atoms with E-state index in [0.717, 1.165) is 36.2 Å². The maximum Gasteiger partial charge on any atom is 0.287 e. The smallest absolute Gasteiger partial charge is 0.287 e. The molecule has 0 unspecified atom stereocenters. The molecule has 2 aromatic carbocycles. The molecule has 1 N–H and O–H groups in total. The molecule has 2 amide bonds. The fourth-order valence-electron chi connectivity index (χ4n) is 5.44. The Labute approximate surface area is 219 Å². The highest BCUT2D eigenvalue weighted by molar-refractivity contribution is 5.96. The van der Waals surface area contributed by atoms with Crippen molar-refractivity contribution in [1.82, 2.24) is 29.6 Å². The van der Waals surface area contributed by atoms with E-state index in [9.17, 15) is 9.59 Å². The van der Waals surface area contributed by atoms with Crippen LogP contribution in [-0.4, -0.2) is 95.0 Å². The topological polar surface area (TPSA) is 73.7 Å². The lowest BCUT2D eigenvalue weighted by Gasteiger charge is -2.35. The molecule has 196 valence electrons. The number of rotatable bonds is 9. The second-order valence-electron chi connectivity index (χ2n) is 10.2. The van der Waals surface area contributed by atoms with Gasteiger partial charge in [-0.3, -0.25) is 14.5 Å². The summed E-state index contributed by atoms with van der Waals surface area (Å²) in [5.41, 5.74) is 2.76. The summed E-state index contributed by atoms with van der Waals surface area (Å²) < 4.78 is 1.92. The number of hydrogen-bond donors (Lipinski definition) is 1. The van der Waals surface area contributed by atoms with Crippen molar-refractivity contribution in [2.24, 2.45) is 0 Å². The molecule has 0 saturated carbocycles. The zero-order chi connectivity index (χ0) is 25.5. The summed E-state index contributed by atoms with van der Waals surface area (Å²) in [5, 5.41) is 2.83. The van der Waals surface area contributed by atoms with E-state index in [1.165, 1.54) is 45.3 Å². The van der Waals surface area contributed by atoms with Crippen LogP contribution in [0.1, 0.15) is 41.9 Å². The van der Waals surface area contributed by atoms with Gasteiger partial charge in [0.1, 0.15) is 0 Å². The van der Waals surface area contributed by atoms with Crippen molar-refractivity contribution in [2.45, 2.75) is 32.2 Å². The van der Waals surface area contributed by atoms with E-state index in [1.54, 1.807) is 0 Å². The number of aromatic nitrogens is 2. The Hall–Kier alpha value is -3.23. The predicted octanol–water partition coefficient (Wildman–Crippen LogP) is 2.83. The lowest BCUT2D eigenvalue weighted by molar-refractivity contribution is -0.131. The summed E-state index contributed by atoms with van der Waals surface area (Å²) in [6.45, 7) is 8.51. The van der Waals surface area contributed by atoms with E-state index >= 15 is 0 Å². The molecule has 2 aliphatic rings. The Kier molecular flexibility index (Phi) is 8.48. The molecule has 0 spiro atoms. The fourth-order valence-corrected chi connectivity index (χ4v) is 5.44. The van der Waals surface area contributed by atoms with E-state index in [4.69, 9.17) is 0 Å². The van der Waals surface area contributed by atoms with Crippen LogP contribution >= 0.6 is 0 Å². The lowest BCUT2D eigenvalue weighted by Crippen LogP contribution is -2.51. The molecule has 0 aliphatic carbocycles. The van der Waals surface area contributed by atoms with E-state index in [-0.39, 0.29) is 18.4 Å². The van der Waals surface area contributed by atoms with Gasteiger partial charge in [0.05, 0.1) is 17.6 Å². The Balaban J connectivity index is 1.11. The van der Waals surface area contributed by atoms with Crippen molar-refractivity contribution >= 4 is 22.8 Å². The Bertz CT molecular complexity index is 1180. The number of carbonyl (C=O) groups excluding carboxylic acids is 2. The fraction of sp³-hybridized carbons (Fsp3) is 0.483. The number of benzene rings is 2. The van der Waals surface area contributed by atoms with Crippen LogP contribution in [0.2, 0.25) is 0 Å². The number of nitrogens with one attached hydrogen (secondary N) is 1. The number of piperazine rings is 1. The molecule has 8 heteroatoms. The molecule has 5 rings (SSSR count). The van der Waals surface area contributed by atoms with Crippen LogP contribution in [0.15, 0.2) is 54.6 Å². The van der Waals surface area contributed by atoms with Crippen LogP contribution in [-0.2, 0) is 11.3 Å². The van der Waals surface area contributed by atoms with Crippen LogP contribution in [0.25, 0.3) is 11.0 Å². The summed E-state index contributed by atoms with van der Waals surface area (Å²) in [6, 6.07) is 17.8. The molecule has 1 aromatic heterocycles. The quantitative estimate of drug-likeness (QED) is 0.487. The second-order valence-corrected chi connectivity index (χ2v) is 10.2. The van der Waals surface area contributed by atoms with Crippen LogP contribution in [0.3, 0.4) is 0 Å². The van der Waals surface area contributed by atoms with Gasteiger partial charge >= 0.3 is 0 Å². The lowest BCUT2D eigenvalue weighted by atomic mass is 10.1. The molecule has 2 fully saturated rings. The maximum atomic E-state index is 13.1. The minimum Gasteiger partial charge on any atom is -0.340 e. The number of nitrogens with zero attached hydrogens (tertiary/aromatic N) is 5. The van der Waals surface area contributed by atoms with Crippen molar-refractivity contribution < 1.29 is 9.59 Å². The van der Waals surface area contributed by atoms with E-state index in [2.05, 4.69) is 20.1 Å². The Morgan fingerprint density at radius 2 is 1.46 bits per heavy atom. The molecule has 37 heavy (non-hydrogen) atoms. The molecule has 2 aliphatic heterocycles. The van der Waals surface area contributed by atoms with Gasteiger partial charge in [-0.1, -0.05) is 48.9 Å². The number of carbonyl (C=O) groups is 2. The van der Waals surface area contributed by atoms with Crippen LogP contribution in [0.4, 0.5) is 0 Å². The zero-order valence-electron chi connectivity index (χ0n) is 21.6. The van der Waals surface area contributed by atoms with Gasteiger partial charge in [0.25, 0.3) is 5.91 Å². The van der Waals surface area contributed by atoms with Gasteiger partial charge in [0, 0.05) is 32.7 Å². The maximum absolute atomic E-state index is 13.1. The van der Waals surface area contributed by atoms with Crippen molar-refractivity contribution in [3.05, 3.63) is 66.0 Å². The number of para-hydroxylation sites is 2. The van der Waals surface area contributed by atoms with Crippen molar-refractivity contribution in [3.8, 4) is 0 Å². The largest absolute Gasteiger partial charge is 0.340 e. The molecular weight excluding hydrogens is 464 g/mol. The minimum absolute atomic E-state index is 0.0116. The SMILES string of the molecule is O=C(NCC(=O)N1CCN(CCCN2CCCCC2)CC1)c1nc2ccccc2n1Cc1ccccc1. The second kappa shape index (κ2) is 12.3. The third-order valence-corrected chi connectivity index (χ3v) is 7.56. The normalized spacial score (nSPS) is 17.2. The monoisotopic (exact) mass is 502 g/mol. The molecule has 3 aromatic rings. The van der Waals surface area contributed by atoms with E-state index < -0.39 is 0 Å². The first-order valence-corrected chi connectivity index (χ1v) is 13.7. The van der Waals surface area contributed by atoms with Gasteiger partial charge in [-0.05, 0) is 63.1 Å². The third-order valence-electron chi connectivity index (χ3n) is 7.56. The number of amides is 2. The minimum atomic E-state index is -0.322. The summed E-state index contributed by atoms with van der Waals surface area (Å²) >= 11 is 0. The summed E-state index contributed by atoms with van der Waals surface area (Å²) in [5.74, 6) is -0.0276. The van der Waals surface area contributed by atoms with E-state index in [1.807, 2.05) is 64.1 Å². The number of fused-ring (bicyclic) bond motifs is 1. The number of hydrogen-bond acceptors (Lipinski definition) is 5. The average Bonchev–Trinajstić information content (AvgIpc) is 3.31. The molecule has 8 nitrogen and oxygen atoms in total. The van der Waals surface area contributed by atoms with Crippen molar-refractivity contribution in [3.63, 3.8) is 0 Å². The standard InChI is InChI=1S/C29H38N6O2/c36-27(34-20-18-33(19-21-34)17-9-16-32-14-7-2-8-15-32)22-30-29(37)28-31-25-12-5-6-13-26(25)35(28)23-24-10-3-1-4-11-24/h1,3-6,10-13H,2,7-9,14-23H2,(H,30,37). The molecule has 0 atom stereocenters. The van der Waals surface area contributed by atoms with Gasteiger partial charge in [-0.25, -0.2) is 4.98 Å². The first kappa shape index (κ1) is 25.4. The van der Waals surface area contributed by atoms with Crippen molar-refractivity contribution in [2.75, 3.05) is 58.9 Å². The molecular formula is C29H38N6O2. The Morgan fingerprint density at radius 3 is 2.22 bits per heavy atom.